The number of anilines is 2. The summed E-state index contributed by atoms with van der Waals surface area (Å²) in [5.41, 5.74) is 1.82. The quantitative estimate of drug-likeness (QED) is 0.602. The van der Waals surface area contributed by atoms with Crippen LogP contribution in [0.25, 0.3) is 0 Å². The largest absolute Gasteiger partial charge is 0.497 e. The Morgan fingerprint density at radius 3 is 2.29 bits per heavy atom. The van der Waals surface area contributed by atoms with Gasteiger partial charge in [-0.2, -0.15) is 0 Å². The van der Waals surface area contributed by atoms with Crippen molar-refractivity contribution in [3.63, 3.8) is 0 Å². The molecule has 3 atom stereocenters. The van der Waals surface area contributed by atoms with Gasteiger partial charge < -0.3 is 4.74 Å². The smallest absolute Gasteiger partial charge is 0.266 e. The van der Waals surface area contributed by atoms with Crippen LogP contribution in [0.15, 0.2) is 78.9 Å². The molecule has 5 rings (SSSR count). The zero-order valence-corrected chi connectivity index (χ0v) is 16.6. The van der Waals surface area contributed by atoms with Gasteiger partial charge in [-0.3, -0.25) is 14.4 Å². The third-order valence-electron chi connectivity index (χ3n) is 5.65. The van der Waals surface area contributed by atoms with Crippen LogP contribution in [0.4, 0.5) is 15.8 Å². The number of imide groups is 1. The lowest BCUT2D eigenvalue weighted by Gasteiger charge is -2.28. The molecule has 2 amide bonds. The minimum atomic E-state index is -0.978. The van der Waals surface area contributed by atoms with Crippen molar-refractivity contribution in [3.8, 4) is 5.75 Å². The van der Waals surface area contributed by atoms with Crippen LogP contribution in [0.1, 0.15) is 11.6 Å². The summed E-state index contributed by atoms with van der Waals surface area (Å²) in [6.45, 7) is 0. The summed E-state index contributed by atoms with van der Waals surface area (Å²) < 4.78 is 18.8. The molecule has 3 aromatic carbocycles. The zero-order chi connectivity index (χ0) is 21.5. The monoisotopic (exact) mass is 418 g/mol. The first kappa shape index (κ1) is 19.3. The summed E-state index contributed by atoms with van der Waals surface area (Å²) in [5.74, 6) is -1.41. The molecule has 0 aromatic heterocycles. The normalized spacial score (nSPS) is 22.7. The molecule has 0 unspecified atom stereocenters. The van der Waals surface area contributed by atoms with Gasteiger partial charge >= 0.3 is 0 Å². The predicted octanol–water partition coefficient (Wildman–Crippen LogP) is 3.89. The Kier molecular flexibility index (Phi) is 4.67. The minimum Gasteiger partial charge on any atom is -0.497 e. The Hall–Kier alpha value is -3.71. The van der Waals surface area contributed by atoms with Crippen LogP contribution in [0, 0.1) is 11.7 Å². The minimum absolute atomic E-state index is 0.365. The maximum atomic E-state index is 13.6. The summed E-state index contributed by atoms with van der Waals surface area (Å²) in [7, 11) is 1.52. The highest BCUT2D eigenvalue weighted by molar-refractivity contribution is 6.24. The number of benzene rings is 3. The Morgan fingerprint density at radius 2 is 1.58 bits per heavy atom. The van der Waals surface area contributed by atoms with Gasteiger partial charge in [0.1, 0.15) is 17.5 Å². The summed E-state index contributed by atoms with van der Waals surface area (Å²) in [6.07, 6.45) is -0.978. The molecule has 0 spiro atoms. The van der Waals surface area contributed by atoms with Crippen LogP contribution in [0.5, 0.6) is 5.75 Å². The molecule has 31 heavy (non-hydrogen) atoms. The first-order valence-corrected chi connectivity index (χ1v) is 9.87. The van der Waals surface area contributed by atoms with E-state index in [0.717, 1.165) is 4.90 Å². The molecule has 2 aliphatic heterocycles. The van der Waals surface area contributed by atoms with Crippen LogP contribution < -0.4 is 14.7 Å². The fourth-order valence-electron chi connectivity index (χ4n) is 4.22. The second-order valence-corrected chi connectivity index (χ2v) is 7.42. The van der Waals surface area contributed by atoms with Gasteiger partial charge in [0.25, 0.3) is 5.91 Å². The first-order valence-electron chi connectivity index (χ1n) is 9.87. The van der Waals surface area contributed by atoms with E-state index < -0.39 is 24.0 Å². The Morgan fingerprint density at radius 1 is 0.871 bits per heavy atom. The molecule has 3 aromatic rings. The van der Waals surface area contributed by atoms with Crippen LogP contribution in [0.2, 0.25) is 0 Å². The third kappa shape index (κ3) is 3.14. The van der Waals surface area contributed by atoms with Gasteiger partial charge in [0, 0.05) is 6.07 Å². The van der Waals surface area contributed by atoms with Crippen molar-refractivity contribution in [1.29, 1.82) is 0 Å². The van der Waals surface area contributed by atoms with Crippen molar-refractivity contribution in [3.05, 3.63) is 90.2 Å². The molecule has 7 heteroatoms. The molecule has 156 valence electrons. The molecular weight excluding hydrogens is 399 g/mol. The van der Waals surface area contributed by atoms with E-state index in [0.29, 0.717) is 22.7 Å². The van der Waals surface area contributed by atoms with E-state index >= 15 is 0 Å². The highest BCUT2D eigenvalue weighted by Crippen LogP contribution is 2.47. The fraction of sp³-hybridized carbons (Fsp3) is 0.167. The average molecular weight is 418 g/mol. The number of hydrogen-bond acceptors (Lipinski definition) is 5. The number of para-hydroxylation sites is 1. The molecule has 0 aliphatic carbocycles. The lowest BCUT2D eigenvalue weighted by atomic mass is 9.90. The molecule has 2 aliphatic rings. The summed E-state index contributed by atoms with van der Waals surface area (Å²) in [4.78, 5) is 34.0. The lowest BCUT2D eigenvalue weighted by Crippen LogP contribution is -2.37. The molecule has 2 saturated heterocycles. The van der Waals surface area contributed by atoms with E-state index in [2.05, 4.69) is 0 Å². The molecule has 2 heterocycles. The number of ether oxygens (including phenoxy) is 1. The van der Waals surface area contributed by atoms with Crippen molar-refractivity contribution in [2.75, 3.05) is 17.1 Å². The lowest BCUT2D eigenvalue weighted by molar-refractivity contribution is -0.126. The van der Waals surface area contributed by atoms with Gasteiger partial charge in [-0.1, -0.05) is 36.4 Å². The Labute approximate surface area is 178 Å². The van der Waals surface area contributed by atoms with Crippen molar-refractivity contribution >= 4 is 23.2 Å². The van der Waals surface area contributed by atoms with E-state index in [1.165, 1.54) is 19.2 Å². The van der Waals surface area contributed by atoms with Crippen molar-refractivity contribution in [1.82, 2.24) is 0 Å². The van der Waals surface area contributed by atoms with E-state index in [1.54, 1.807) is 41.5 Å². The third-order valence-corrected chi connectivity index (χ3v) is 5.65. The number of amides is 2. The molecular formula is C24H19FN2O4. The van der Waals surface area contributed by atoms with Gasteiger partial charge in [0.05, 0.1) is 24.5 Å². The van der Waals surface area contributed by atoms with E-state index in [9.17, 15) is 14.0 Å². The second kappa shape index (κ2) is 7.52. The number of nitrogens with zero attached hydrogens (tertiary/aromatic N) is 2. The SMILES string of the molecule is COc1cccc(N2C(=O)[C@@H]3[C@@H](c4ccc(F)cc4)N(c4ccccc4)O[C@H]3C2=O)c1. The highest BCUT2D eigenvalue weighted by atomic mass is 19.1. The van der Waals surface area contributed by atoms with Crippen LogP contribution >= 0.6 is 0 Å². The molecule has 0 bridgehead atoms. The van der Waals surface area contributed by atoms with Crippen LogP contribution in [0.3, 0.4) is 0 Å². The number of halogens is 1. The maximum absolute atomic E-state index is 13.6. The predicted molar refractivity (Wildman–Crippen MR) is 112 cm³/mol. The number of hydroxylamine groups is 1. The fourth-order valence-corrected chi connectivity index (χ4v) is 4.22. The molecule has 0 saturated carbocycles. The number of carbonyl (C=O) groups is 2. The molecule has 0 radical (unpaired) electrons. The average Bonchev–Trinajstić information content (AvgIpc) is 3.31. The summed E-state index contributed by atoms with van der Waals surface area (Å²) >= 11 is 0. The van der Waals surface area contributed by atoms with Crippen molar-refractivity contribution < 1.29 is 23.6 Å². The summed E-state index contributed by atoms with van der Waals surface area (Å²) in [6, 6.07) is 21.4. The Bertz CT molecular complexity index is 1140. The van der Waals surface area contributed by atoms with Gasteiger partial charge in [-0.05, 0) is 42.0 Å². The first-order chi connectivity index (χ1) is 15.1. The molecule has 2 fully saturated rings. The number of rotatable bonds is 4. The number of methoxy groups -OCH3 is 1. The van der Waals surface area contributed by atoms with E-state index in [4.69, 9.17) is 9.57 Å². The topological polar surface area (TPSA) is 59.1 Å². The van der Waals surface area contributed by atoms with E-state index in [1.807, 2.05) is 30.3 Å². The highest BCUT2D eigenvalue weighted by Gasteiger charge is 2.60. The number of hydrogen-bond donors (Lipinski definition) is 0. The van der Waals surface area contributed by atoms with Gasteiger partial charge in [-0.15, -0.1) is 0 Å². The van der Waals surface area contributed by atoms with Gasteiger partial charge in [0.15, 0.2) is 6.10 Å². The molecule has 6 nitrogen and oxygen atoms in total. The van der Waals surface area contributed by atoms with Crippen LogP contribution in [-0.2, 0) is 14.4 Å². The number of carbonyl (C=O) groups excluding carboxylic acids is 2. The van der Waals surface area contributed by atoms with Gasteiger partial charge in [0.2, 0.25) is 5.91 Å². The standard InChI is InChI=1S/C24H19FN2O4/c1-30-19-9-5-8-18(14-19)26-23(28)20-21(15-10-12-16(25)13-11-15)27(31-22(20)24(26)29)17-6-3-2-4-7-17/h2-14,20-22H,1H3/t20-,21-,22-/m1/s1. The Balaban J connectivity index is 1.57. The zero-order valence-electron chi connectivity index (χ0n) is 16.6. The number of fused-ring (bicyclic) bond motifs is 1. The van der Waals surface area contributed by atoms with Crippen LogP contribution in [-0.4, -0.2) is 25.0 Å². The molecule has 0 N–H and O–H groups in total. The maximum Gasteiger partial charge on any atom is 0.266 e. The van der Waals surface area contributed by atoms with Crippen molar-refractivity contribution in [2.24, 2.45) is 5.92 Å². The second-order valence-electron chi connectivity index (χ2n) is 7.42. The van der Waals surface area contributed by atoms with Gasteiger partial charge in [-0.25, -0.2) is 14.4 Å². The van der Waals surface area contributed by atoms with Crippen molar-refractivity contribution in [2.45, 2.75) is 12.1 Å². The van der Waals surface area contributed by atoms with E-state index in [-0.39, 0.29) is 11.7 Å². The summed E-state index contributed by atoms with van der Waals surface area (Å²) in [5, 5.41) is 1.58.